The van der Waals surface area contributed by atoms with Crippen molar-refractivity contribution in [2.75, 3.05) is 0 Å². The Morgan fingerprint density at radius 1 is 1.18 bits per heavy atom. The number of halogens is 1. The van der Waals surface area contributed by atoms with E-state index in [1.165, 1.54) is 5.56 Å². The minimum Gasteiger partial charge on any atom is -1.00 e. The number of benzene rings is 1. The van der Waals surface area contributed by atoms with E-state index in [1.807, 2.05) is 19.9 Å². The fourth-order valence-corrected chi connectivity index (χ4v) is 0.726. The predicted octanol–water partition coefficient (Wildman–Crippen LogP) is 2.43. The molecule has 0 saturated carbocycles. The van der Waals surface area contributed by atoms with E-state index in [-0.39, 0.29) is 57.6 Å². The first-order valence-corrected chi connectivity index (χ1v) is 2.96. The van der Waals surface area contributed by atoms with Gasteiger partial charge < -0.3 is 7.96 Å². The third kappa shape index (κ3) is 4.36. The van der Waals surface area contributed by atoms with Crippen LogP contribution < -0.4 is 0 Å². The van der Waals surface area contributed by atoms with Crippen molar-refractivity contribution >= 4 is 54.7 Å². The second-order valence-electron chi connectivity index (χ2n) is 2.27. The quantitative estimate of drug-likeness (QED) is 0.696. The first-order chi connectivity index (χ1) is 4.20. The zero-order valence-corrected chi connectivity index (χ0v) is 10.7. The summed E-state index contributed by atoms with van der Waals surface area (Å²) < 4.78 is 0. The summed E-state index contributed by atoms with van der Waals surface area (Å²) in [5, 5.41) is 8.94. The number of rotatable bonds is 0. The fourth-order valence-electron chi connectivity index (χ4n) is 0.726. The van der Waals surface area contributed by atoms with E-state index < -0.39 is 0 Å². The Labute approximate surface area is 111 Å². The average Bonchev–Trinajstić information content (AvgIpc) is 1.80. The van der Waals surface area contributed by atoms with E-state index in [1.54, 1.807) is 12.1 Å². The summed E-state index contributed by atoms with van der Waals surface area (Å²) in [6, 6.07) is 5.36. The van der Waals surface area contributed by atoms with Gasteiger partial charge in [-0.05, 0) is 37.1 Å². The molecule has 0 spiro atoms. The van der Waals surface area contributed by atoms with Crippen LogP contribution in [0.1, 0.15) is 14.0 Å². The molecule has 1 aromatic rings. The molecular formula is C8H13BrCaO. The van der Waals surface area contributed by atoms with E-state index in [4.69, 9.17) is 5.11 Å². The van der Waals surface area contributed by atoms with Crippen LogP contribution in [0, 0.1) is 13.8 Å². The first-order valence-electron chi connectivity index (χ1n) is 2.96. The summed E-state index contributed by atoms with van der Waals surface area (Å²) in [5.41, 5.74) is 2.35. The zero-order valence-electron chi connectivity index (χ0n) is 8.79. The van der Waals surface area contributed by atoms with Crippen molar-refractivity contribution in [2.24, 2.45) is 0 Å². The summed E-state index contributed by atoms with van der Waals surface area (Å²) >= 11 is 0. The molecule has 0 aliphatic rings. The summed E-state index contributed by atoms with van der Waals surface area (Å²) in [5.74, 6) is 0.345. The Bertz CT molecular complexity index is 233. The third-order valence-electron chi connectivity index (χ3n) is 1.49. The van der Waals surface area contributed by atoms with Crippen molar-refractivity contribution in [2.45, 2.75) is 13.8 Å². The van der Waals surface area contributed by atoms with E-state index >= 15 is 0 Å². The summed E-state index contributed by atoms with van der Waals surface area (Å²) in [7, 11) is 0. The van der Waals surface area contributed by atoms with Crippen LogP contribution >= 0.6 is 17.0 Å². The molecule has 1 nitrogen and oxygen atoms in total. The maximum absolute atomic E-state index is 8.94. The molecule has 0 amide bonds. The maximum atomic E-state index is 8.94. The van der Waals surface area contributed by atoms with Gasteiger partial charge >= 0.3 is 37.7 Å². The van der Waals surface area contributed by atoms with Crippen molar-refractivity contribution < 1.29 is 7.96 Å². The van der Waals surface area contributed by atoms with Gasteiger partial charge in [0.15, 0.2) is 0 Å². The van der Waals surface area contributed by atoms with Crippen LogP contribution in [0.4, 0.5) is 0 Å². The molecule has 0 atom stereocenters. The van der Waals surface area contributed by atoms with Crippen LogP contribution in [0.15, 0.2) is 18.2 Å². The van der Waals surface area contributed by atoms with Crippen molar-refractivity contribution in [3.05, 3.63) is 29.3 Å². The SMILES string of the molecule is Br.Cc1ccc(O)cc1C.[Ca+2].[H-].[H-]. The van der Waals surface area contributed by atoms with Gasteiger partial charge in [0.25, 0.3) is 0 Å². The van der Waals surface area contributed by atoms with Crippen molar-refractivity contribution in [1.29, 1.82) is 0 Å². The zero-order chi connectivity index (χ0) is 6.85. The van der Waals surface area contributed by atoms with Crippen molar-refractivity contribution in [3.8, 4) is 5.75 Å². The van der Waals surface area contributed by atoms with Crippen LogP contribution in [0.25, 0.3) is 0 Å². The number of aromatic hydroxyl groups is 1. The minimum atomic E-state index is 0. The molecule has 0 fully saturated rings. The molecule has 3 heteroatoms. The molecule has 0 aromatic heterocycles. The van der Waals surface area contributed by atoms with Gasteiger partial charge in [-0.1, -0.05) is 6.07 Å². The first kappa shape index (κ1) is 14.3. The molecule has 0 aliphatic carbocycles. The number of phenols is 1. The van der Waals surface area contributed by atoms with E-state index in [0.717, 1.165) is 5.56 Å². The van der Waals surface area contributed by atoms with Crippen molar-refractivity contribution in [1.82, 2.24) is 0 Å². The monoisotopic (exact) mass is 244 g/mol. The molecule has 0 heterocycles. The van der Waals surface area contributed by atoms with Crippen LogP contribution in [0.2, 0.25) is 0 Å². The molecule has 0 bridgehead atoms. The Morgan fingerprint density at radius 2 is 1.73 bits per heavy atom. The molecule has 0 unspecified atom stereocenters. The molecule has 11 heavy (non-hydrogen) atoms. The minimum absolute atomic E-state index is 0. The van der Waals surface area contributed by atoms with Gasteiger partial charge in [-0.3, -0.25) is 0 Å². The molecule has 0 aliphatic heterocycles. The fraction of sp³-hybridized carbons (Fsp3) is 0.250. The number of aryl methyl sites for hydroxylation is 2. The Hall–Kier alpha value is 0.760. The van der Waals surface area contributed by atoms with E-state index in [9.17, 15) is 0 Å². The van der Waals surface area contributed by atoms with Crippen molar-refractivity contribution in [3.63, 3.8) is 0 Å². The summed E-state index contributed by atoms with van der Waals surface area (Å²) in [6.45, 7) is 4.00. The van der Waals surface area contributed by atoms with Gasteiger partial charge in [-0.25, -0.2) is 0 Å². The predicted molar refractivity (Wildman–Crippen MR) is 55.9 cm³/mol. The summed E-state index contributed by atoms with van der Waals surface area (Å²) in [4.78, 5) is 0. The van der Waals surface area contributed by atoms with Gasteiger partial charge in [0.05, 0.1) is 0 Å². The molecule has 1 N–H and O–H groups in total. The second-order valence-corrected chi connectivity index (χ2v) is 2.27. The van der Waals surface area contributed by atoms with Crippen LogP contribution in [-0.2, 0) is 0 Å². The second kappa shape index (κ2) is 6.29. The maximum Gasteiger partial charge on any atom is 2.00 e. The molecule has 0 saturated heterocycles. The summed E-state index contributed by atoms with van der Waals surface area (Å²) in [6.07, 6.45) is 0. The Balaban J connectivity index is -0.000000101. The largest absolute Gasteiger partial charge is 2.00 e. The van der Waals surface area contributed by atoms with E-state index in [2.05, 4.69) is 0 Å². The normalized spacial score (nSPS) is 7.82. The number of hydrogen-bond donors (Lipinski definition) is 1. The van der Waals surface area contributed by atoms with Gasteiger partial charge in [-0.15, -0.1) is 17.0 Å². The molecule has 1 aromatic carbocycles. The number of phenolic OH excluding ortho intramolecular Hbond substituents is 1. The van der Waals surface area contributed by atoms with Gasteiger partial charge in [0.2, 0.25) is 0 Å². The number of hydrogen-bond acceptors (Lipinski definition) is 1. The van der Waals surface area contributed by atoms with Crippen LogP contribution in [0.3, 0.4) is 0 Å². The molecule has 0 radical (unpaired) electrons. The van der Waals surface area contributed by atoms with Crippen LogP contribution in [0.5, 0.6) is 5.75 Å². The standard InChI is InChI=1S/C8H10O.BrH.Ca.2H/c1-6-3-4-8(9)5-7(6)2;;;;/h3-5,9H,1-2H3;1H;;;/q;;+2;2*-1. The third-order valence-corrected chi connectivity index (χ3v) is 1.49. The van der Waals surface area contributed by atoms with Gasteiger partial charge in [0, 0.05) is 0 Å². The Kier molecular flexibility index (Phi) is 8.18. The van der Waals surface area contributed by atoms with Crippen LogP contribution in [-0.4, -0.2) is 42.8 Å². The van der Waals surface area contributed by atoms with Gasteiger partial charge in [0.1, 0.15) is 5.75 Å². The smallest absolute Gasteiger partial charge is 1.00 e. The Morgan fingerprint density at radius 3 is 2.09 bits per heavy atom. The topological polar surface area (TPSA) is 20.2 Å². The molecule has 60 valence electrons. The van der Waals surface area contributed by atoms with E-state index in [0.29, 0.717) is 5.75 Å². The molecule has 1 rings (SSSR count). The average molecular weight is 245 g/mol. The molecular weight excluding hydrogens is 232 g/mol. The van der Waals surface area contributed by atoms with Gasteiger partial charge in [-0.2, -0.15) is 0 Å².